The lowest BCUT2D eigenvalue weighted by Crippen LogP contribution is -2.03. The molecule has 0 aromatic heterocycles. The Morgan fingerprint density at radius 2 is 2.29 bits per heavy atom. The number of rotatable bonds is 5. The van der Waals surface area contributed by atoms with Crippen molar-refractivity contribution in [2.24, 2.45) is 0 Å². The molecule has 14 heavy (non-hydrogen) atoms. The van der Waals surface area contributed by atoms with Gasteiger partial charge in [-0.1, -0.05) is 15.9 Å². The number of nitrogens with one attached hydrogen (secondary N) is 1. The average Bonchev–Trinajstić information content (AvgIpc) is 2.19. The van der Waals surface area contributed by atoms with E-state index >= 15 is 0 Å². The van der Waals surface area contributed by atoms with Crippen molar-refractivity contribution in [1.29, 1.82) is 0 Å². The van der Waals surface area contributed by atoms with Crippen molar-refractivity contribution in [1.82, 2.24) is 0 Å². The minimum atomic E-state index is 0.868. The second-order valence-corrected chi connectivity index (χ2v) is 4.21. The number of ether oxygens (including phenoxy) is 1. The van der Waals surface area contributed by atoms with E-state index < -0.39 is 0 Å². The van der Waals surface area contributed by atoms with Crippen LogP contribution in [0.1, 0.15) is 6.42 Å². The van der Waals surface area contributed by atoms with Gasteiger partial charge in [0.05, 0.1) is 12.8 Å². The van der Waals surface area contributed by atoms with Crippen LogP contribution in [0.3, 0.4) is 0 Å². The first-order valence-corrected chi connectivity index (χ1v) is 5.88. The van der Waals surface area contributed by atoms with Crippen LogP contribution in [0.4, 0.5) is 5.69 Å². The molecule has 0 unspecified atom stereocenters. The summed E-state index contributed by atoms with van der Waals surface area (Å²) < 4.78 is 6.28. The Labute approximate surface area is 98.6 Å². The van der Waals surface area contributed by atoms with Crippen LogP contribution in [0.2, 0.25) is 0 Å². The monoisotopic (exact) mass is 275 g/mol. The molecular formula is C10H14BrNOS. The molecule has 4 heteroatoms. The van der Waals surface area contributed by atoms with Crippen molar-refractivity contribution in [3.63, 3.8) is 0 Å². The summed E-state index contributed by atoms with van der Waals surface area (Å²) in [5.41, 5.74) is 1.02. The van der Waals surface area contributed by atoms with E-state index in [1.807, 2.05) is 18.2 Å². The highest BCUT2D eigenvalue weighted by Crippen LogP contribution is 2.27. The molecule has 1 rings (SSSR count). The Morgan fingerprint density at radius 3 is 2.93 bits per heavy atom. The SMILES string of the molecule is COc1ccc(Br)cc1NCCCS. The first-order valence-electron chi connectivity index (χ1n) is 4.46. The van der Waals surface area contributed by atoms with Gasteiger partial charge in [-0.15, -0.1) is 0 Å². The van der Waals surface area contributed by atoms with Crippen molar-refractivity contribution in [2.75, 3.05) is 24.7 Å². The zero-order valence-electron chi connectivity index (χ0n) is 8.09. The molecule has 0 fully saturated rings. The summed E-state index contributed by atoms with van der Waals surface area (Å²) in [5, 5.41) is 3.30. The molecule has 0 saturated heterocycles. The van der Waals surface area contributed by atoms with Gasteiger partial charge in [0.25, 0.3) is 0 Å². The normalized spacial score (nSPS) is 9.93. The van der Waals surface area contributed by atoms with Gasteiger partial charge in [0.2, 0.25) is 0 Å². The Kier molecular flexibility index (Phi) is 5.19. The van der Waals surface area contributed by atoms with Crippen molar-refractivity contribution in [3.8, 4) is 5.75 Å². The minimum Gasteiger partial charge on any atom is -0.495 e. The molecule has 0 aliphatic carbocycles. The van der Waals surface area contributed by atoms with Crippen LogP contribution >= 0.6 is 28.6 Å². The van der Waals surface area contributed by atoms with Crippen molar-refractivity contribution < 1.29 is 4.74 Å². The molecule has 78 valence electrons. The summed E-state index contributed by atoms with van der Waals surface area (Å²) in [7, 11) is 1.67. The Bertz CT molecular complexity index is 293. The maximum Gasteiger partial charge on any atom is 0.142 e. The van der Waals surface area contributed by atoms with Gasteiger partial charge >= 0.3 is 0 Å². The predicted molar refractivity (Wildman–Crippen MR) is 67.7 cm³/mol. The number of benzene rings is 1. The molecule has 1 N–H and O–H groups in total. The number of anilines is 1. The summed E-state index contributed by atoms with van der Waals surface area (Å²) in [6.07, 6.45) is 1.04. The van der Waals surface area contributed by atoms with E-state index in [0.717, 1.165) is 34.6 Å². The molecule has 0 bridgehead atoms. The number of thiol groups is 1. The highest BCUT2D eigenvalue weighted by atomic mass is 79.9. The van der Waals surface area contributed by atoms with Gasteiger partial charge in [0, 0.05) is 11.0 Å². The highest BCUT2D eigenvalue weighted by molar-refractivity contribution is 9.10. The number of hydrogen-bond donors (Lipinski definition) is 2. The summed E-state index contributed by atoms with van der Waals surface area (Å²) in [5.74, 6) is 1.76. The van der Waals surface area contributed by atoms with Crippen LogP contribution in [0.15, 0.2) is 22.7 Å². The standard InChI is InChI=1S/C10H14BrNOS/c1-13-10-4-3-8(11)7-9(10)12-5-2-6-14/h3-4,7,12,14H,2,5-6H2,1H3. The van der Waals surface area contributed by atoms with Gasteiger partial charge in [-0.3, -0.25) is 0 Å². The maximum absolute atomic E-state index is 5.23. The van der Waals surface area contributed by atoms with E-state index in [4.69, 9.17) is 4.74 Å². The molecule has 0 aliphatic heterocycles. The molecule has 0 heterocycles. The van der Waals surface area contributed by atoms with Crippen LogP contribution in [0.5, 0.6) is 5.75 Å². The lowest BCUT2D eigenvalue weighted by Gasteiger charge is -2.10. The lowest BCUT2D eigenvalue weighted by molar-refractivity contribution is 0.416. The average molecular weight is 276 g/mol. The van der Waals surface area contributed by atoms with Crippen LogP contribution in [-0.2, 0) is 0 Å². The van der Waals surface area contributed by atoms with Crippen molar-refractivity contribution >= 4 is 34.2 Å². The first-order chi connectivity index (χ1) is 6.77. The van der Waals surface area contributed by atoms with Gasteiger partial charge in [0.15, 0.2) is 0 Å². The Morgan fingerprint density at radius 1 is 1.50 bits per heavy atom. The van der Waals surface area contributed by atoms with Crippen molar-refractivity contribution in [2.45, 2.75) is 6.42 Å². The zero-order chi connectivity index (χ0) is 10.4. The van der Waals surface area contributed by atoms with E-state index in [2.05, 4.69) is 33.9 Å². The van der Waals surface area contributed by atoms with E-state index in [0.29, 0.717) is 0 Å². The number of methoxy groups -OCH3 is 1. The molecule has 2 nitrogen and oxygen atoms in total. The molecule has 0 aliphatic rings. The van der Waals surface area contributed by atoms with Crippen LogP contribution in [0, 0.1) is 0 Å². The van der Waals surface area contributed by atoms with Gasteiger partial charge in [-0.2, -0.15) is 12.6 Å². The largest absolute Gasteiger partial charge is 0.495 e. The van der Waals surface area contributed by atoms with Gasteiger partial charge in [-0.05, 0) is 30.4 Å². The van der Waals surface area contributed by atoms with Gasteiger partial charge in [-0.25, -0.2) is 0 Å². The topological polar surface area (TPSA) is 21.3 Å². The molecule has 0 saturated carbocycles. The molecular weight excluding hydrogens is 262 g/mol. The fourth-order valence-electron chi connectivity index (χ4n) is 1.12. The third-order valence-corrected chi connectivity index (χ3v) is 2.62. The quantitative estimate of drug-likeness (QED) is 0.636. The van der Waals surface area contributed by atoms with E-state index in [-0.39, 0.29) is 0 Å². The third-order valence-electron chi connectivity index (χ3n) is 1.81. The maximum atomic E-state index is 5.23. The smallest absolute Gasteiger partial charge is 0.142 e. The number of hydrogen-bond acceptors (Lipinski definition) is 3. The van der Waals surface area contributed by atoms with Crippen LogP contribution < -0.4 is 10.1 Å². The molecule has 0 radical (unpaired) electrons. The molecule has 0 atom stereocenters. The third kappa shape index (κ3) is 3.42. The summed E-state index contributed by atoms with van der Waals surface area (Å²) in [6.45, 7) is 0.913. The molecule has 1 aromatic carbocycles. The number of halogens is 1. The fraction of sp³-hybridized carbons (Fsp3) is 0.400. The lowest BCUT2D eigenvalue weighted by atomic mass is 10.3. The molecule has 0 spiro atoms. The predicted octanol–water partition coefficient (Wildman–Crippen LogP) is 3.19. The highest BCUT2D eigenvalue weighted by Gasteiger charge is 2.01. The molecule has 1 aromatic rings. The second-order valence-electron chi connectivity index (χ2n) is 2.85. The zero-order valence-corrected chi connectivity index (χ0v) is 10.6. The summed E-state index contributed by atoms with van der Waals surface area (Å²) in [4.78, 5) is 0. The first kappa shape index (κ1) is 11.7. The van der Waals surface area contributed by atoms with Crippen LogP contribution in [-0.4, -0.2) is 19.4 Å². The summed E-state index contributed by atoms with van der Waals surface area (Å²) in [6, 6.07) is 5.91. The van der Waals surface area contributed by atoms with Gasteiger partial charge in [0.1, 0.15) is 5.75 Å². The fourth-order valence-corrected chi connectivity index (χ4v) is 1.64. The van der Waals surface area contributed by atoms with E-state index in [9.17, 15) is 0 Å². The van der Waals surface area contributed by atoms with E-state index in [1.54, 1.807) is 7.11 Å². The van der Waals surface area contributed by atoms with Crippen molar-refractivity contribution in [3.05, 3.63) is 22.7 Å². The van der Waals surface area contributed by atoms with E-state index in [1.165, 1.54) is 0 Å². The van der Waals surface area contributed by atoms with Gasteiger partial charge < -0.3 is 10.1 Å². The minimum absolute atomic E-state index is 0.868. The Balaban J connectivity index is 2.67. The van der Waals surface area contributed by atoms with Crippen LogP contribution in [0.25, 0.3) is 0 Å². The Hall–Kier alpha value is -0.350. The second kappa shape index (κ2) is 6.19. The molecule has 0 amide bonds. The summed E-state index contributed by atoms with van der Waals surface area (Å²) >= 11 is 7.58.